The largest absolute Gasteiger partial charge is 0.351 e. The second kappa shape index (κ2) is 9.67. The van der Waals surface area contributed by atoms with Gasteiger partial charge < -0.3 is 20.9 Å². The predicted octanol–water partition coefficient (Wildman–Crippen LogP) is 3.42. The number of nitriles is 1. The van der Waals surface area contributed by atoms with E-state index < -0.39 is 23.9 Å². The maximum absolute atomic E-state index is 13.1. The molecule has 9 heteroatoms. The molecule has 2 fully saturated rings. The van der Waals surface area contributed by atoms with E-state index in [1.807, 2.05) is 19.9 Å². The molecule has 4 rings (SSSR count). The van der Waals surface area contributed by atoms with Crippen molar-refractivity contribution in [1.29, 1.82) is 5.26 Å². The van der Waals surface area contributed by atoms with Crippen molar-refractivity contribution in [3.05, 3.63) is 35.0 Å². The molecule has 1 saturated heterocycles. The Kier molecular flexibility index (Phi) is 6.85. The zero-order valence-corrected chi connectivity index (χ0v) is 20.2. The van der Waals surface area contributed by atoms with Crippen LogP contribution in [-0.2, 0) is 9.59 Å². The number of benzene rings is 1. The Morgan fingerprint density at radius 3 is 2.65 bits per heavy atom. The van der Waals surface area contributed by atoms with Crippen LogP contribution in [-0.4, -0.2) is 40.3 Å². The van der Waals surface area contributed by atoms with E-state index in [1.54, 1.807) is 18.2 Å². The number of piperidine rings is 1. The first-order valence-corrected chi connectivity index (χ1v) is 12.1. The number of aromatic amines is 1. The van der Waals surface area contributed by atoms with Gasteiger partial charge in [-0.2, -0.15) is 5.26 Å². The standard InChI is InChI=1S/C25H30ClN5O3/c1-25(2)9-8-16(22(32)31-25)11-17(13-27)28-23(33)19(10-14-6-7-14)30-24(34)20-12-15-4-3-5-18(26)21(15)29-20/h3-5,12,14,16-17,19,29H,6-11H2,1-2H3,(H,28,33)(H,30,34)(H,31,32)/t16?,17?,19-/m0/s1. The Labute approximate surface area is 203 Å². The van der Waals surface area contributed by atoms with E-state index in [4.69, 9.17) is 11.6 Å². The summed E-state index contributed by atoms with van der Waals surface area (Å²) in [6, 6.07) is 7.62. The smallest absolute Gasteiger partial charge is 0.268 e. The van der Waals surface area contributed by atoms with Crippen LogP contribution < -0.4 is 16.0 Å². The summed E-state index contributed by atoms with van der Waals surface area (Å²) in [5, 5.41) is 19.5. The summed E-state index contributed by atoms with van der Waals surface area (Å²) in [5.41, 5.74) is 0.719. The quantitative estimate of drug-likeness (QED) is 0.458. The molecule has 0 radical (unpaired) electrons. The summed E-state index contributed by atoms with van der Waals surface area (Å²) in [6.07, 6.45) is 4.26. The third-order valence-electron chi connectivity index (χ3n) is 6.68. The lowest BCUT2D eigenvalue weighted by Gasteiger charge is -2.35. The fourth-order valence-corrected chi connectivity index (χ4v) is 4.71. The number of hydrogen-bond acceptors (Lipinski definition) is 4. The lowest BCUT2D eigenvalue weighted by molar-refractivity contribution is -0.130. The van der Waals surface area contributed by atoms with Crippen molar-refractivity contribution >= 4 is 40.2 Å². The van der Waals surface area contributed by atoms with Crippen molar-refractivity contribution in [2.75, 3.05) is 0 Å². The van der Waals surface area contributed by atoms with Gasteiger partial charge in [-0.3, -0.25) is 14.4 Å². The molecular formula is C25H30ClN5O3. The van der Waals surface area contributed by atoms with Crippen molar-refractivity contribution in [3.63, 3.8) is 0 Å². The van der Waals surface area contributed by atoms with E-state index >= 15 is 0 Å². The number of carbonyl (C=O) groups excluding carboxylic acids is 3. The average Bonchev–Trinajstić information content (AvgIpc) is 3.48. The minimum Gasteiger partial charge on any atom is -0.351 e. The molecule has 0 spiro atoms. The Hall–Kier alpha value is -3.05. The lowest BCUT2D eigenvalue weighted by Crippen LogP contribution is -2.53. The monoisotopic (exact) mass is 483 g/mol. The molecule has 3 amide bonds. The summed E-state index contributed by atoms with van der Waals surface area (Å²) in [5.74, 6) is -0.857. The number of hydrogen-bond donors (Lipinski definition) is 4. The molecule has 3 atom stereocenters. The van der Waals surface area contributed by atoms with E-state index in [1.165, 1.54) is 0 Å². The topological polar surface area (TPSA) is 127 Å². The maximum atomic E-state index is 13.1. The molecule has 180 valence electrons. The van der Waals surface area contributed by atoms with Crippen LogP contribution in [0.1, 0.15) is 62.9 Å². The molecule has 2 aliphatic rings. The summed E-state index contributed by atoms with van der Waals surface area (Å²) < 4.78 is 0. The van der Waals surface area contributed by atoms with Crippen molar-refractivity contribution in [1.82, 2.24) is 20.9 Å². The predicted molar refractivity (Wildman–Crippen MR) is 129 cm³/mol. The van der Waals surface area contributed by atoms with Crippen molar-refractivity contribution < 1.29 is 14.4 Å². The summed E-state index contributed by atoms with van der Waals surface area (Å²) >= 11 is 6.20. The first kappa shape index (κ1) is 24.1. The second-order valence-corrected chi connectivity index (χ2v) is 10.5. The minimum atomic E-state index is -0.810. The van der Waals surface area contributed by atoms with Gasteiger partial charge in [0.15, 0.2) is 0 Å². The van der Waals surface area contributed by atoms with Gasteiger partial charge >= 0.3 is 0 Å². The second-order valence-electron chi connectivity index (χ2n) is 10.1. The zero-order valence-electron chi connectivity index (χ0n) is 19.4. The van der Waals surface area contributed by atoms with E-state index in [0.717, 1.165) is 24.6 Å². The fourth-order valence-electron chi connectivity index (χ4n) is 4.49. The van der Waals surface area contributed by atoms with Crippen molar-refractivity contribution in [2.45, 2.75) is 70.0 Å². The van der Waals surface area contributed by atoms with E-state index in [2.05, 4.69) is 27.0 Å². The first-order chi connectivity index (χ1) is 16.1. The highest BCUT2D eigenvalue weighted by Gasteiger charge is 2.36. The van der Waals surface area contributed by atoms with Gasteiger partial charge in [-0.15, -0.1) is 0 Å². The highest BCUT2D eigenvalue weighted by Crippen LogP contribution is 2.34. The molecule has 1 aromatic carbocycles. The molecule has 34 heavy (non-hydrogen) atoms. The van der Waals surface area contributed by atoms with E-state index in [-0.39, 0.29) is 23.8 Å². The molecule has 1 saturated carbocycles. The van der Waals surface area contributed by atoms with Gasteiger partial charge in [-0.1, -0.05) is 36.6 Å². The van der Waals surface area contributed by atoms with Gasteiger partial charge in [0.2, 0.25) is 11.8 Å². The van der Waals surface area contributed by atoms with Gasteiger partial charge in [0.05, 0.1) is 16.6 Å². The Bertz CT molecular complexity index is 1150. The number of para-hydroxylation sites is 1. The number of amides is 3. The molecule has 2 aromatic rings. The maximum Gasteiger partial charge on any atom is 0.268 e. The molecule has 2 unspecified atom stereocenters. The van der Waals surface area contributed by atoms with Crippen LogP contribution in [0.3, 0.4) is 0 Å². The molecule has 2 heterocycles. The molecule has 1 aromatic heterocycles. The third kappa shape index (κ3) is 5.71. The Morgan fingerprint density at radius 2 is 2.00 bits per heavy atom. The van der Waals surface area contributed by atoms with Gasteiger partial charge in [0, 0.05) is 16.8 Å². The van der Waals surface area contributed by atoms with Gasteiger partial charge in [0.25, 0.3) is 5.91 Å². The first-order valence-electron chi connectivity index (χ1n) is 11.8. The van der Waals surface area contributed by atoms with Crippen LogP contribution in [0.25, 0.3) is 10.9 Å². The van der Waals surface area contributed by atoms with E-state index in [0.29, 0.717) is 35.0 Å². The number of H-pyrrole nitrogens is 1. The molecule has 0 bridgehead atoms. The van der Waals surface area contributed by atoms with Crippen LogP contribution >= 0.6 is 11.6 Å². The number of nitrogens with one attached hydrogen (secondary N) is 4. The number of carbonyl (C=O) groups is 3. The van der Waals surface area contributed by atoms with Gasteiger partial charge in [0.1, 0.15) is 17.8 Å². The van der Waals surface area contributed by atoms with Crippen molar-refractivity contribution in [2.24, 2.45) is 11.8 Å². The summed E-state index contributed by atoms with van der Waals surface area (Å²) in [7, 11) is 0. The lowest BCUT2D eigenvalue weighted by atomic mass is 9.83. The third-order valence-corrected chi connectivity index (χ3v) is 7.00. The van der Waals surface area contributed by atoms with E-state index in [9.17, 15) is 19.6 Å². The van der Waals surface area contributed by atoms with Gasteiger partial charge in [-0.25, -0.2) is 0 Å². The molecule has 1 aliphatic carbocycles. The molecular weight excluding hydrogens is 454 g/mol. The average molecular weight is 484 g/mol. The summed E-state index contributed by atoms with van der Waals surface area (Å²) in [4.78, 5) is 41.5. The van der Waals surface area contributed by atoms with Crippen LogP contribution in [0.5, 0.6) is 0 Å². The number of halogens is 1. The highest BCUT2D eigenvalue weighted by molar-refractivity contribution is 6.35. The highest BCUT2D eigenvalue weighted by atomic mass is 35.5. The molecule has 4 N–H and O–H groups in total. The van der Waals surface area contributed by atoms with Crippen LogP contribution in [0.4, 0.5) is 0 Å². The number of rotatable bonds is 8. The Balaban J connectivity index is 1.41. The number of aromatic nitrogens is 1. The minimum absolute atomic E-state index is 0.0916. The fraction of sp³-hybridized carbons (Fsp3) is 0.520. The van der Waals surface area contributed by atoms with Crippen LogP contribution in [0.2, 0.25) is 5.02 Å². The zero-order chi connectivity index (χ0) is 24.5. The summed E-state index contributed by atoms with van der Waals surface area (Å²) in [6.45, 7) is 3.94. The van der Waals surface area contributed by atoms with Crippen LogP contribution in [0, 0.1) is 23.2 Å². The van der Waals surface area contributed by atoms with Crippen LogP contribution in [0.15, 0.2) is 24.3 Å². The molecule has 8 nitrogen and oxygen atoms in total. The Morgan fingerprint density at radius 1 is 1.24 bits per heavy atom. The molecule has 1 aliphatic heterocycles. The number of fused-ring (bicyclic) bond motifs is 1. The van der Waals surface area contributed by atoms with Gasteiger partial charge in [-0.05, 0) is 57.6 Å². The normalized spacial score (nSPS) is 21.2. The SMILES string of the molecule is CC1(C)CCC(CC(C#N)NC(=O)[C@H](CC2CC2)NC(=O)c2cc3cccc(Cl)c3[nH]2)C(=O)N1. The van der Waals surface area contributed by atoms with Crippen molar-refractivity contribution in [3.8, 4) is 6.07 Å². The number of nitrogens with zero attached hydrogens (tertiary/aromatic N) is 1.